The number of carbonyl (C=O) groups is 1. The maximum Gasteiger partial charge on any atom is 0.176 e. The molecule has 0 bridgehead atoms. The molecule has 15 heavy (non-hydrogen) atoms. The van der Waals surface area contributed by atoms with Crippen molar-refractivity contribution in [2.75, 3.05) is 19.6 Å². The van der Waals surface area contributed by atoms with Crippen LogP contribution < -0.4 is 0 Å². The van der Waals surface area contributed by atoms with E-state index in [-0.39, 0.29) is 11.5 Å². The minimum Gasteiger partial charge on any atom is -0.508 e. The Hall–Kier alpha value is -1.35. The predicted octanol–water partition coefficient (Wildman–Crippen LogP) is 1.48. The summed E-state index contributed by atoms with van der Waals surface area (Å²) in [5.74, 6) is 0.218. The fourth-order valence-electron chi connectivity index (χ4n) is 1.76. The standard InChI is InChI=1S/C12H14NO2/c14-11-5-3-4-10(8-11)12(15)9-13-6-1-2-7-13/h1,3-5,8,14H,2,6-7,9H2. The van der Waals surface area contributed by atoms with Crippen molar-refractivity contribution in [1.29, 1.82) is 0 Å². The number of hydrogen-bond acceptors (Lipinski definition) is 3. The zero-order valence-corrected chi connectivity index (χ0v) is 8.52. The summed E-state index contributed by atoms with van der Waals surface area (Å²) in [7, 11) is 0. The Morgan fingerprint density at radius 2 is 2.33 bits per heavy atom. The maximum atomic E-state index is 11.8. The lowest BCUT2D eigenvalue weighted by Crippen LogP contribution is -2.26. The van der Waals surface area contributed by atoms with E-state index in [0.717, 1.165) is 19.5 Å². The number of likely N-dealkylation sites (tertiary alicyclic amines) is 1. The van der Waals surface area contributed by atoms with Crippen molar-refractivity contribution < 1.29 is 9.90 Å². The monoisotopic (exact) mass is 204 g/mol. The third-order valence-electron chi connectivity index (χ3n) is 2.57. The van der Waals surface area contributed by atoms with Gasteiger partial charge in [-0.3, -0.25) is 9.69 Å². The summed E-state index contributed by atoms with van der Waals surface area (Å²) in [4.78, 5) is 13.9. The first kappa shape index (κ1) is 10.2. The first-order valence-electron chi connectivity index (χ1n) is 5.12. The number of rotatable bonds is 3. The van der Waals surface area contributed by atoms with Gasteiger partial charge in [-0.2, -0.15) is 0 Å². The zero-order chi connectivity index (χ0) is 10.7. The molecule has 1 radical (unpaired) electrons. The number of Topliss-reactive ketones (excluding diaryl/α,β-unsaturated/α-hetero) is 1. The molecule has 0 saturated carbocycles. The van der Waals surface area contributed by atoms with Gasteiger partial charge in [0, 0.05) is 12.1 Å². The Kier molecular flexibility index (Phi) is 3.02. The highest BCUT2D eigenvalue weighted by Gasteiger charge is 2.16. The van der Waals surface area contributed by atoms with E-state index in [2.05, 4.69) is 11.3 Å². The second-order valence-electron chi connectivity index (χ2n) is 3.79. The summed E-state index contributed by atoms with van der Waals surface area (Å²) in [6.45, 7) is 2.30. The van der Waals surface area contributed by atoms with Gasteiger partial charge >= 0.3 is 0 Å². The molecular formula is C12H14NO2. The van der Waals surface area contributed by atoms with Gasteiger partial charge in [0.2, 0.25) is 0 Å². The molecule has 0 atom stereocenters. The molecule has 1 aliphatic heterocycles. The number of phenols is 1. The first-order valence-corrected chi connectivity index (χ1v) is 5.12. The number of hydrogen-bond donors (Lipinski definition) is 1. The van der Waals surface area contributed by atoms with Crippen molar-refractivity contribution in [3.63, 3.8) is 0 Å². The Labute approximate surface area is 89.3 Å². The molecule has 1 aliphatic rings. The van der Waals surface area contributed by atoms with Crippen LogP contribution in [0.3, 0.4) is 0 Å². The van der Waals surface area contributed by atoms with E-state index in [4.69, 9.17) is 0 Å². The van der Waals surface area contributed by atoms with Crippen LogP contribution in [0.25, 0.3) is 0 Å². The number of phenolic OH excluding ortho intramolecular Hbond substituents is 1. The maximum absolute atomic E-state index is 11.8. The highest BCUT2D eigenvalue weighted by molar-refractivity contribution is 5.97. The molecule has 1 aromatic carbocycles. The fourth-order valence-corrected chi connectivity index (χ4v) is 1.76. The summed E-state index contributed by atoms with van der Waals surface area (Å²) in [6, 6.07) is 6.52. The van der Waals surface area contributed by atoms with Gasteiger partial charge in [0.05, 0.1) is 6.54 Å². The quantitative estimate of drug-likeness (QED) is 0.758. The van der Waals surface area contributed by atoms with Crippen molar-refractivity contribution >= 4 is 5.78 Å². The summed E-state index contributed by atoms with van der Waals surface area (Å²) >= 11 is 0. The first-order chi connectivity index (χ1) is 7.25. The zero-order valence-electron chi connectivity index (χ0n) is 8.52. The Balaban J connectivity index is 2.01. The van der Waals surface area contributed by atoms with E-state index in [1.54, 1.807) is 18.2 Å². The highest BCUT2D eigenvalue weighted by Crippen LogP contribution is 2.13. The van der Waals surface area contributed by atoms with Crippen LogP contribution in [0.4, 0.5) is 0 Å². The highest BCUT2D eigenvalue weighted by atomic mass is 16.3. The van der Waals surface area contributed by atoms with Crippen LogP contribution in [0.1, 0.15) is 16.8 Å². The van der Waals surface area contributed by atoms with Gasteiger partial charge in [-0.1, -0.05) is 12.1 Å². The minimum atomic E-state index is 0.0706. The topological polar surface area (TPSA) is 40.5 Å². The lowest BCUT2D eigenvalue weighted by atomic mass is 10.1. The Bertz CT molecular complexity index is 356. The van der Waals surface area contributed by atoms with Crippen molar-refractivity contribution in [2.24, 2.45) is 0 Å². The molecule has 1 saturated heterocycles. The SMILES string of the molecule is O=C(CN1C[CH]CC1)c1cccc(O)c1. The van der Waals surface area contributed by atoms with Crippen LogP contribution in [0.15, 0.2) is 24.3 Å². The molecule has 3 heteroatoms. The third kappa shape index (κ3) is 2.57. The van der Waals surface area contributed by atoms with Crippen molar-refractivity contribution in [2.45, 2.75) is 6.42 Å². The minimum absolute atomic E-state index is 0.0706. The molecule has 0 aliphatic carbocycles. The third-order valence-corrected chi connectivity index (χ3v) is 2.57. The van der Waals surface area contributed by atoms with Crippen LogP contribution in [-0.4, -0.2) is 35.4 Å². The Morgan fingerprint density at radius 1 is 1.47 bits per heavy atom. The van der Waals surface area contributed by atoms with E-state index >= 15 is 0 Å². The number of benzene rings is 1. The molecule has 79 valence electrons. The van der Waals surface area contributed by atoms with Crippen LogP contribution >= 0.6 is 0 Å². The Morgan fingerprint density at radius 3 is 3.00 bits per heavy atom. The number of carbonyl (C=O) groups excluding carboxylic acids is 1. The number of aromatic hydroxyl groups is 1. The summed E-state index contributed by atoms with van der Waals surface area (Å²) < 4.78 is 0. The number of nitrogens with zero attached hydrogens (tertiary/aromatic N) is 1. The second kappa shape index (κ2) is 4.45. The smallest absolute Gasteiger partial charge is 0.176 e. The van der Waals surface area contributed by atoms with Gasteiger partial charge in [-0.25, -0.2) is 0 Å². The second-order valence-corrected chi connectivity index (χ2v) is 3.79. The molecule has 0 amide bonds. The predicted molar refractivity (Wildman–Crippen MR) is 57.8 cm³/mol. The largest absolute Gasteiger partial charge is 0.508 e. The average Bonchev–Trinajstić information content (AvgIpc) is 2.70. The normalized spacial score (nSPS) is 16.8. The van der Waals surface area contributed by atoms with Crippen LogP contribution in [0.5, 0.6) is 5.75 Å². The van der Waals surface area contributed by atoms with Gasteiger partial charge in [0.25, 0.3) is 0 Å². The molecular weight excluding hydrogens is 190 g/mol. The van der Waals surface area contributed by atoms with Gasteiger partial charge in [0.15, 0.2) is 5.78 Å². The van der Waals surface area contributed by atoms with Gasteiger partial charge < -0.3 is 5.11 Å². The molecule has 1 heterocycles. The molecule has 0 unspecified atom stereocenters. The average molecular weight is 204 g/mol. The lowest BCUT2D eigenvalue weighted by molar-refractivity contribution is 0.0946. The molecule has 1 aromatic rings. The van der Waals surface area contributed by atoms with Gasteiger partial charge in [-0.05, 0) is 31.5 Å². The van der Waals surface area contributed by atoms with E-state index in [9.17, 15) is 9.90 Å². The van der Waals surface area contributed by atoms with Crippen LogP contribution in [-0.2, 0) is 0 Å². The van der Waals surface area contributed by atoms with Crippen molar-refractivity contribution in [3.05, 3.63) is 36.2 Å². The van der Waals surface area contributed by atoms with Gasteiger partial charge in [-0.15, -0.1) is 0 Å². The van der Waals surface area contributed by atoms with Gasteiger partial charge in [0.1, 0.15) is 5.75 Å². The molecule has 1 N–H and O–H groups in total. The lowest BCUT2D eigenvalue weighted by Gasteiger charge is -2.12. The molecule has 0 spiro atoms. The molecule has 0 aromatic heterocycles. The molecule has 1 fully saturated rings. The van der Waals surface area contributed by atoms with E-state index in [1.165, 1.54) is 6.07 Å². The van der Waals surface area contributed by atoms with E-state index < -0.39 is 0 Å². The molecule has 2 rings (SSSR count). The summed E-state index contributed by atoms with van der Waals surface area (Å²) in [5, 5.41) is 9.25. The molecule has 3 nitrogen and oxygen atoms in total. The van der Waals surface area contributed by atoms with Crippen LogP contribution in [0.2, 0.25) is 0 Å². The van der Waals surface area contributed by atoms with Crippen molar-refractivity contribution in [1.82, 2.24) is 4.90 Å². The number of ketones is 1. The summed E-state index contributed by atoms with van der Waals surface area (Å²) in [5.41, 5.74) is 0.585. The fraction of sp³-hybridized carbons (Fsp3) is 0.333. The van der Waals surface area contributed by atoms with Crippen LogP contribution in [0, 0.1) is 6.42 Å². The van der Waals surface area contributed by atoms with Crippen molar-refractivity contribution in [3.8, 4) is 5.75 Å². The van der Waals surface area contributed by atoms with E-state index in [0.29, 0.717) is 12.1 Å². The summed E-state index contributed by atoms with van der Waals surface area (Å²) in [6.07, 6.45) is 3.24. The van der Waals surface area contributed by atoms with E-state index in [1.807, 2.05) is 0 Å².